The molecule has 0 fully saturated rings. The van der Waals surface area contributed by atoms with Crippen LogP contribution in [-0.2, 0) is 23.9 Å². The lowest BCUT2D eigenvalue weighted by Crippen LogP contribution is -2.40. The summed E-state index contributed by atoms with van der Waals surface area (Å²) in [5.74, 6) is 0.255. The van der Waals surface area contributed by atoms with Crippen molar-refractivity contribution in [3.63, 3.8) is 0 Å². The number of nitrogens with two attached hydrogens (primary N) is 1. The van der Waals surface area contributed by atoms with Crippen LogP contribution in [0.25, 0.3) is 0 Å². The van der Waals surface area contributed by atoms with Crippen LogP contribution < -0.4 is 10.5 Å². The van der Waals surface area contributed by atoms with Crippen molar-refractivity contribution >= 4 is 0 Å². The number of unbranched alkanes of at least 4 members (excludes halogenated alkanes) is 1. The van der Waals surface area contributed by atoms with Crippen LogP contribution >= 0.6 is 0 Å². The number of nitriles is 1. The zero-order valence-corrected chi connectivity index (χ0v) is 20.3. The topological polar surface area (TPSA) is 86.1 Å². The van der Waals surface area contributed by atoms with Crippen LogP contribution in [0.15, 0.2) is 55.0 Å². The van der Waals surface area contributed by atoms with E-state index in [0.717, 1.165) is 29.8 Å². The Morgan fingerprint density at radius 1 is 1.15 bits per heavy atom. The Balaban J connectivity index is 1.59. The van der Waals surface area contributed by atoms with E-state index in [-0.39, 0.29) is 11.2 Å². The number of hydrogen-bond donors (Lipinski definition) is 1. The normalized spacial score (nSPS) is 13.3. The molecule has 0 bridgehead atoms. The third-order valence-electron chi connectivity index (χ3n) is 5.58. The summed E-state index contributed by atoms with van der Waals surface area (Å²) in [6, 6.07) is 14.3. The number of nitrogens with zero attached hydrogens (tertiary/aromatic N) is 3. The minimum Gasteiger partial charge on any atom is -0.488 e. The molecule has 3 aromatic rings. The zero-order chi connectivity index (χ0) is 24.8. The van der Waals surface area contributed by atoms with Gasteiger partial charge in [-0.3, -0.25) is 0 Å². The SMILES string of the molecule is Cn1cncc1C(N)(CCCCOCc1cccc(OC(C)(C)C)c1)c1ccc(C#N)c(F)c1. The molecule has 2 N–H and O–H groups in total. The molecule has 1 atom stereocenters. The van der Waals surface area contributed by atoms with Gasteiger partial charge in [0.1, 0.15) is 23.2 Å². The Hall–Kier alpha value is -3.21. The van der Waals surface area contributed by atoms with Gasteiger partial charge in [0.2, 0.25) is 0 Å². The Kier molecular flexibility index (Phi) is 8.08. The standard InChI is InChI=1S/C27H33FN4O2/c1-26(2,3)34-23-9-7-8-20(14-23)18-33-13-6-5-12-27(30,25-17-31-19-32(25)4)22-11-10-21(16-29)24(28)15-22/h7-11,14-15,17,19H,5-6,12-13,18,30H2,1-4H3. The Bertz CT molecular complexity index is 1150. The number of benzene rings is 2. The minimum atomic E-state index is -0.932. The van der Waals surface area contributed by atoms with Crippen molar-refractivity contribution in [3.05, 3.63) is 83.2 Å². The molecule has 0 spiro atoms. The fourth-order valence-electron chi connectivity index (χ4n) is 3.94. The first-order chi connectivity index (χ1) is 16.1. The van der Waals surface area contributed by atoms with E-state index in [0.29, 0.717) is 25.2 Å². The summed E-state index contributed by atoms with van der Waals surface area (Å²) in [5.41, 5.74) is 8.13. The molecule has 34 heavy (non-hydrogen) atoms. The van der Waals surface area contributed by atoms with Crippen LogP contribution in [0.2, 0.25) is 0 Å². The van der Waals surface area contributed by atoms with Crippen molar-refractivity contribution in [2.75, 3.05) is 6.61 Å². The average molecular weight is 465 g/mol. The molecule has 0 aliphatic heterocycles. The summed E-state index contributed by atoms with van der Waals surface area (Å²) >= 11 is 0. The highest BCUT2D eigenvalue weighted by molar-refractivity contribution is 5.40. The lowest BCUT2D eigenvalue weighted by Gasteiger charge is -2.31. The maximum Gasteiger partial charge on any atom is 0.141 e. The molecule has 0 saturated heterocycles. The van der Waals surface area contributed by atoms with Crippen molar-refractivity contribution in [2.24, 2.45) is 12.8 Å². The lowest BCUT2D eigenvalue weighted by atomic mass is 9.82. The summed E-state index contributed by atoms with van der Waals surface area (Å²) in [7, 11) is 1.87. The molecule has 1 aromatic heterocycles. The molecule has 180 valence electrons. The molecule has 0 radical (unpaired) electrons. The summed E-state index contributed by atoms with van der Waals surface area (Å²) in [4.78, 5) is 4.19. The highest BCUT2D eigenvalue weighted by Crippen LogP contribution is 2.33. The second-order valence-electron chi connectivity index (χ2n) is 9.54. The first-order valence-electron chi connectivity index (χ1n) is 11.4. The Labute approximate surface area is 201 Å². The number of aryl methyl sites for hydroxylation is 1. The van der Waals surface area contributed by atoms with Crippen molar-refractivity contribution in [2.45, 2.75) is 57.8 Å². The highest BCUT2D eigenvalue weighted by Gasteiger charge is 2.32. The van der Waals surface area contributed by atoms with Gasteiger partial charge < -0.3 is 19.8 Å². The van der Waals surface area contributed by atoms with E-state index >= 15 is 0 Å². The van der Waals surface area contributed by atoms with Crippen LogP contribution in [0.4, 0.5) is 4.39 Å². The average Bonchev–Trinajstić information content (AvgIpc) is 3.21. The first-order valence-corrected chi connectivity index (χ1v) is 11.4. The molecule has 3 rings (SSSR count). The number of aromatic nitrogens is 2. The molecule has 1 heterocycles. The smallest absolute Gasteiger partial charge is 0.141 e. The maximum absolute atomic E-state index is 14.4. The second-order valence-corrected chi connectivity index (χ2v) is 9.54. The number of rotatable bonds is 10. The predicted molar refractivity (Wildman–Crippen MR) is 130 cm³/mol. The first kappa shape index (κ1) is 25.4. The van der Waals surface area contributed by atoms with Crippen LogP contribution in [-0.4, -0.2) is 21.8 Å². The molecule has 2 aromatic carbocycles. The third kappa shape index (κ3) is 6.43. The van der Waals surface area contributed by atoms with Gasteiger partial charge in [0.05, 0.1) is 35.9 Å². The van der Waals surface area contributed by atoms with E-state index in [9.17, 15) is 4.39 Å². The van der Waals surface area contributed by atoms with Crippen LogP contribution in [0.5, 0.6) is 5.75 Å². The fraction of sp³-hybridized carbons (Fsp3) is 0.407. The molecular weight excluding hydrogens is 431 g/mol. The van der Waals surface area contributed by atoms with Gasteiger partial charge in [-0.2, -0.15) is 5.26 Å². The Morgan fingerprint density at radius 3 is 2.59 bits per heavy atom. The van der Waals surface area contributed by atoms with Gasteiger partial charge in [-0.15, -0.1) is 0 Å². The van der Waals surface area contributed by atoms with Crippen LogP contribution in [0.1, 0.15) is 62.4 Å². The highest BCUT2D eigenvalue weighted by atomic mass is 19.1. The number of ether oxygens (including phenoxy) is 2. The fourth-order valence-corrected chi connectivity index (χ4v) is 3.94. The van der Waals surface area contributed by atoms with Crippen molar-refractivity contribution in [1.29, 1.82) is 5.26 Å². The quantitative estimate of drug-likeness (QED) is 0.417. The van der Waals surface area contributed by atoms with Crippen molar-refractivity contribution in [3.8, 4) is 11.8 Å². The Morgan fingerprint density at radius 2 is 1.94 bits per heavy atom. The van der Waals surface area contributed by atoms with E-state index in [1.165, 1.54) is 12.1 Å². The van der Waals surface area contributed by atoms with E-state index in [1.807, 2.05) is 62.7 Å². The molecule has 6 nitrogen and oxygen atoms in total. The molecule has 1 unspecified atom stereocenters. The van der Waals surface area contributed by atoms with Gasteiger partial charge in [-0.1, -0.05) is 18.2 Å². The summed E-state index contributed by atoms with van der Waals surface area (Å²) in [5, 5.41) is 9.06. The van der Waals surface area contributed by atoms with Gasteiger partial charge >= 0.3 is 0 Å². The second kappa shape index (κ2) is 10.8. The summed E-state index contributed by atoms with van der Waals surface area (Å²) in [6.07, 6.45) is 5.54. The monoisotopic (exact) mass is 464 g/mol. The predicted octanol–water partition coefficient (Wildman–Crippen LogP) is 5.20. The van der Waals surface area contributed by atoms with Crippen LogP contribution in [0.3, 0.4) is 0 Å². The molecule has 0 aliphatic rings. The van der Waals surface area contributed by atoms with Gasteiger partial charge in [0.25, 0.3) is 0 Å². The van der Waals surface area contributed by atoms with Crippen molar-refractivity contribution < 1.29 is 13.9 Å². The molecular formula is C27H33FN4O2. The van der Waals surface area contributed by atoms with Crippen LogP contribution in [0, 0.1) is 17.1 Å². The van der Waals surface area contributed by atoms with E-state index in [2.05, 4.69) is 4.98 Å². The largest absolute Gasteiger partial charge is 0.488 e. The lowest BCUT2D eigenvalue weighted by molar-refractivity contribution is 0.113. The molecule has 0 amide bonds. The van der Waals surface area contributed by atoms with Crippen molar-refractivity contribution in [1.82, 2.24) is 9.55 Å². The van der Waals surface area contributed by atoms with Gasteiger partial charge in [0.15, 0.2) is 0 Å². The van der Waals surface area contributed by atoms with Gasteiger partial charge in [-0.05, 0) is 75.4 Å². The molecule has 0 aliphatic carbocycles. The van der Waals surface area contributed by atoms with Gasteiger partial charge in [-0.25, -0.2) is 9.37 Å². The molecule has 7 heteroatoms. The number of halogens is 1. The molecule has 0 saturated carbocycles. The minimum absolute atomic E-state index is 0.00137. The zero-order valence-electron chi connectivity index (χ0n) is 20.3. The van der Waals surface area contributed by atoms with E-state index in [4.69, 9.17) is 20.5 Å². The summed E-state index contributed by atoms with van der Waals surface area (Å²) < 4.78 is 28.0. The maximum atomic E-state index is 14.4. The number of imidazole rings is 1. The van der Waals surface area contributed by atoms with E-state index < -0.39 is 11.4 Å². The third-order valence-corrected chi connectivity index (χ3v) is 5.58. The van der Waals surface area contributed by atoms with Gasteiger partial charge in [0, 0.05) is 13.7 Å². The summed E-state index contributed by atoms with van der Waals surface area (Å²) in [6.45, 7) is 7.13. The van der Waals surface area contributed by atoms with E-state index in [1.54, 1.807) is 18.6 Å². The number of hydrogen-bond acceptors (Lipinski definition) is 5.